The predicted molar refractivity (Wildman–Crippen MR) is 52.7 cm³/mol. The Balaban J connectivity index is 2.34. The number of hydrogen-bond acceptors (Lipinski definition) is 3. The molecule has 0 aliphatic carbocycles. The van der Waals surface area contributed by atoms with Gasteiger partial charge in [-0.3, -0.25) is 4.84 Å². The summed E-state index contributed by atoms with van der Waals surface area (Å²) in [4.78, 5) is 5.43. The molecular weight excluding hydrogens is 164 g/mol. The average Bonchev–Trinajstić information content (AvgIpc) is 2.21. The summed E-state index contributed by atoms with van der Waals surface area (Å²) in [5, 5.41) is 1.73. The third-order valence-electron chi connectivity index (χ3n) is 1.81. The number of hydrogen-bond donors (Lipinski definition) is 1. The van der Waals surface area contributed by atoms with Crippen LogP contribution >= 0.6 is 0 Å². The zero-order chi connectivity index (χ0) is 9.52. The molecule has 0 bridgehead atoms. The highest BCUT2D eigenvalue weighted by Gasteiger charge is 1.98. The first kappa shape index (κ1) is 10.2. The molecule has 0 unspecified atom stereocenters. The molecule has 0 aliphatic rings. The highest BCUT2D eigenvalue weighted by atomic mass is 16.7. The van der Waals surface area contributed by atoms with Gasteiger partial charge < -0.3 is 5.73 Å². The highest BCUT2D eigenvalue weighted by Crippen LogP contribution is 2.01. The lowest BCUT2D eigenvalue weighted by Gasteiger charge is -2.17. The highest BCUT2D eigenvalue weighted by molar-refractivity contribution is 5.13. The molecule has 3 nitrogen and oxygen atoms in total. The van der Waals surface area contributed by atoms with Crippen LogP contribution in [0.3, 0.4) is 0 Å². The Hall–Kier alpha value is -0.900. The van der Waals surface area contributed by atoms with Gasteiger partial charge in [0.15, 0.2) is 0 Å². The van der Waals surface area contributed by atoms with Crippen LogP contribution in [-0.4, -0.2) is 18.3 Å². The molecule has 1 aromatic carbocycles. The Morgan fingerprint density at radius 3 is 2.54 bits per heavy atom. The zero-order valence-corrected chi connectivity index (χ0v) is 7.94. The van der Waals surface area contributed by atoms with E-state index in [-0.39, 0.29) is 0 Å². The molecule has 0 spiro atoms. The number of rotatable bonds is 5. The summed E-state index contributed by atoms with van der Waals surface area (Å²) in [6.07, 6.45) is 0. The Morgan fingerprint density at radius 2 is 2.00 bits per heavy atom. The van der Waals surface area contributed by atoms with Gasteiger partial charge in [0.05, 0.1) is 13.3 Å². The second kappa shape index (κ2) is 5.70. The fourth-order valence-electron chi connectivity index (χ4n) is 1.01. The minimum atomic E-state index is 0.434. The van der Waals surface area contributed by atoms with Gasteiger partial charge >= 0.3 is 0 Å². The Morgan fingerprint density at radius 1 is 1.31 bits per heavy atom. The van der Waals surface area contributed by atoms with Gasteiger partial charge in [0.25, 0.3) is 0 Å². The van der Waals surface area contributed by atoms with Crippen molar-refractivity contribution in [1.29, 1.82) is 0 Å². The van der Waals surface area contributed by atoms with Crippen LogP contribution < -0.4 is 5.73 Å². The van der Waals surface area contributed by atoms with Crippen LogP contribution in [0.5, 0.6) is 0 Å². The fraction of sp³-hybridized carbons (Fsp3) is 0.400. The van der Waals surface area contributed by atoms with Crippen LogP contribution in [0.4, 0.5) is 0 Å². The summed E-state index contributed by atoms with van der Waals surface area (Å²) in [6.45, 7) is 3.84. The van der Waals surface area contributed by atoms with Crippen molar-refractivity contribution in [2.45, 2.75) is 13.5 Å². The number of nitrogens with zero attached hydrogens (tertiary/aromatic N) is 1. The maximum atomic E-state index is 5.45. The summed E-state index contributed by atoms with van der Waals surface area (Å²) in [5.41, 5.74) is 6.61. The molecule has 0 fully saturated rings. The second-order valence-corrected chi connectivity index (χ2v) is 2.74. The summed E-state index contributed by atoms with van der Waals surface area (Å²) >= 11 is 0. The van der Waals surface area contributed by atoms with E-state index >= 15 is 0 Å². The van der Waals surface area contributed by atoms with Gasteiger partial charge in [-0.05, 0) is 5.56 Å². The van der Waals surface area contributed by atoms with Crippen molar-refractivity contribution >= 4 is 0 Å². The Bertz CT molecular complexity index is 222. The summed E-state index contributed by atoms with van der Waals surface area (Å²) < 4.78 is 0. The van der Waals surface area contributed by atoms with Crippen LogP contribution in [0.15, 0.2) is 30.3 Å². The lowest BCUT2D eigenvalue weighted by atomic mass is 10.2. The molecule has 3 heteroatoms. The van der Waals surface area contributed by atoms with Crippen molar-refractivity contribution in [3.63, 3.8) is 0 Å². The molecule has 13 heavy (non-hydrogen) atoms. The smallest absolute Gasteiger partial charge is 0.0936 e. The van der Waals surface area contributed by atoms with E-state index in [9.17, 15) is 0 Å². The largest absolute Gasteiger partial charge is 0.316 e. The summed E-state index contributed by atoms with van der Waals surface area (Å²) in [6, 6.07) is 10.0. The van der Waals surface area contributed by atoms with Gasteiger partial charge in [0.1, 0.15) is 0 Å². The van der Waals surface area contributed by atoms with Gasteiger partial charge in [-0.25, -0.2) is 0 Å². The van der Waals surface area contributed by atoms with Crippen molar-refractivity contribution in [3.05, 3.63) is 35.9 Å². The lowest BCUT2D eigenvalue weighted by molar-refractivity contribution is -0.165. The molecule has 1 rings (SSSR count). The third kappa shape index (κ3) is 3.55. The monoisotopic (exact) mass is 180 g/mol. The molecular formula is C10H16N2O. The summed E-state index contributed by atoms with van der Waals surface area (Å²) in [5.74, 6) is 0. The van der Waals surface area contributed by atoms with E-state index in [1.165, 1.54) is 0 Å². The first-order chi connectivity index (χ1) is 6.36. The van der Waals surface area contributed by atoms with Gasteiger partial charge in [-0.1, -0.05) is 37.3 Å². The van der Waals surface area contributed by atoms with E-state index < -0.39 is 0 Å². The van der Waals surface area contributed by atoms with E-state index in [0.717, 1.165) is 12.1 Å². The summed E-state index contributed by atoms with van der Waals surface area (Å²) in [7, 11) is 0. The topological polar surface area (TPSA) is 38.5 Å². The Labute approximate surface area is 79.1 Å². The van der Waals surface area contributed by atoms with E-state index in [2.05, 4.69) is 0 Å². The molecule has 0 amide bonds. The van der Waals surface area contributed by atoms with Crippen molar-refractivity contribution < 1.29 is 4.84 Å². The molecule has 0 saturated carbocycles. The van der Waals surface area contributed by atoms with Crippen LogP contribution in [0.1, 0.15) is 12.5 Å². The standard InChI is InChI=1S/C10H16N2O/c1-2-12(9-11)13-8-10-6-4-3-5-7-10/h3-7H,2,8-9,11H2,1H3. The van der Waals surface area contributed by atoms with E-state index in [4.69, 9.17) is 10.6 Å². The van der Waals surface area contributed by atoms with E-state index in [1.54, 1.807) is 5.06 Å². The zero-order valence-electron chi connectivity index (χ0n) is 7.94. The molecule has 0 atom stereocenters. The van der Waals surface area contributed by atoms with E-state index in [0.29, 0.717) is 13.3 Å². The van der Waals surface area contributed by atoms with Crippen molar-refractivity contribution in [1.82, 2.24) is 5.06 Å². The van der Waals surface area contributed by atoms with Gasteiger partial charge in [-0.2, -0.15) is 5.06 Å². The van der Waals surface area contributed by atoms with Crippen LogP contribution in [0, 0.1) is 0 Å². The average molecular weight is 180 g/mol. The molecule has 0 heterocycles. The predicted octanol–water partition coefficient (Wildman–Crippen LogP) is 1.36. The van der Waals surface area contributed by atoms with Gasteiger partial charge in [0.2, 0.25) is 0 Å². The maximum absolute atomic E-state index is 5.45. The third-order valence-corrected chi connectivity index (χ3v) is 1.81. The maximum Gasteiger partial charge on any atom is 0.0936 e. The second-order valence-electron chi connectivity index (χ2n) is 2.74. The molecule has 0 radical (unpaired) electrons. The number of nitrogens with two attached hydrogens (primary N) is 1. The molecule has 1 aromatic rings. The van der Waals surface area contributed by atoms with Gasteiger partial charge in [-0.15, -0.1) is 0 Å². The molecule has 2 N–H and O–H groups in total. The van der Waals surface area contributed by atoms with Crippen molar-refractivity contribution in [3.8, 4) is 0 Å². The molecule has 0 saturated heterocycles. The lowest BCUT2D eigenvalue weighted by Crippen LogP contribution is -2.29. The van der Waals surface area contributed by atoms with Crippen LogP contribution in [-0.2, 0) is 11.4 Å². The number of hydroxylamine groups is 2. The first-order valence-corrected chi connectivity index (χ1v) is 4.48. The fourth-order valence-corrected chi connectivity index (χ4v) is 1.01. The van der Waals surface area contributed by atoms with Crippen LogP contribution in [0.25, 0.3) is 0 Å². The minimum Gasteiger partial charge on any atom is -0.316 e. The quantitative estimate of drug-likeness (QED) is 0.549. The molecule has 0 aliphatic heterocycles. The SMILES string of the molecule is CCN(CN)OCc1ccccc1. The van der Waals surface area contributed by atoms with E-state index in [1.807, 2.05) is 37.3 Å². The molecule has 0 aromatic heterocycles. The first-order valence-electron chi connectivity index (χ1n) is 4.48. The molecule has 72 valence electrons. The Kier molecular flexibility index (Phi) is 4.46. The minimum absolute atomic E-state index is 0.434. The van der Waals surface area contributed by atoms with Crippen molar-refractivity contribution in [2.24, 2.45) is 5.73 Å². The van der Waals surface area contributed by atoms with Crippen molar-refractivity contribution in [2.75, 3.05) is 13.2 Å². The van der Waals surface area contributed by atoms with Gasteiger partial charge in [0, 0.05) is 6.54 Å². The van der Waals surface area contributed by atoms with Crippen LogP contribution in [0.2, 0.25) is 0 Å². The number of benzene rings is 1. The normalized spacial score (nSPS) is 10.7.